The van der Waals surface area contributed by atoms with Crippen LogP contribution < -0.4 is 4.57 Å². The Balaban J connectivity index is 2.32. The summed E-state index contributed by atoms with van der Waals surface area (Å²) in [6, 6.07) is 2.13. The highest BCUT2D eigenvalue weighted by Crippen LogP contribution is 2.37. The molecule has 1 aliphatic heterocycles. The van der Waals surface area contributed by atoms with Gasteiger partial charge in [0.2, 0.25) is 0 Å². The molecule has 2 heterocycles. The Bertz CT molecular complexity index is 676. The molecular weight excluding hydrogens is 276 g/mol. The molecule has 0 aliphatic carbocycles. The first-order chi connectivity index (χ1) is 9.11. The molecule has 0 amide bonds. The van der Waals surface area contributed by atoms with E-state index in [1.54, 1.807) is 0 Å². The van der Waals surface area contributed by atoms with Crippen LogP contribution in [0.3, 0.4) is 0 Å². The van der Waals surface area contributed by atoms with Crippen LogP contribution in [0.5, 0.6) is 0 Å². The fourth-order valence-electron chi connectivity index (χ4n) is 2.46. The van der Waals surface area contributed by atoms with Gasteiger partial charge in [-0.1, -0.05) is 0 Å². The van der Waals surface area contributed by atoms with Gasteiger partial charge < -0.3 is 0 Å². The highest BCUT2D eigenvalue weighted by atomic mass is 32.2. The monoisotopic (exact) mass is 297 g/mol. The van der Waals surface area contributed by atoms with E-state index in [0.29, 0.717) is 13.0 Å². The average molecular weight is 297 g/mol. The Morgan fingerprint density at radius 1 is 1.35 bits per heavy atom. The molecule has 0 saturated heterocycles. The van der Waals surface area contributed by atoms with Gasteiger partial charge in [-0.2, -0.15) is 8.42 Å². The summed E-state index contributed by atoms with van der Waals surface area (Å²) in [6.45, 7) is 8.83. The van der Waals surface area contributed by atoms with E-state index in [9.17, 15) is 8.42 Å². The summed E-state index contributed by atoms with van der Waals surface area (Å²) in [4.78, 5) is 4.63. The van der Waals surface area contributed by atoms with Crippen molar-refractivity contribution in [3.05, 3.63) is 23.4 Å². The maximum Gasteiger partial charge on any atom is 0.327 e. The van der Waals surface area contributed by atoms with Gasteiger partial charge in [0, 0.05) is 6.42 Å². The van der Waals surface area contributed by atoms with Gasteiger partial charge in [0.25, 0.3) is 10.1 Å². The lowest BCUT2D eigenvalue weighted by Crippen LogP contribution is -2.36. The number of rotatable bonds is 4. The Kier molecular flexibility index (Phi) is 3.73. The van der Waals surface area contributed by atoms with Crippen molar-refractivity contribution in [2.24, 2.45) is 4.99 Å². The molecule has 0 fully saturated rings. The predicted molar refractivity (Wildman–Crippen MR) is 78.2 cm³/mol. The van der Waals surface area contributed by atoms with Crippen molar-refractivity contribution in [2.75, 3.05) is 5.75 Å². The SMILES string of the molecule is CC1=Nc2c(cc(C)c[n+]2CCCS(=O)(=O)O)C1(C)C. The molecule has 1 aromatic heterocycles. The summed E-state index contributed by atoms with van der Waals surface area (Å²) in [5.74, 6) is 0.669. The third-order valence-electron chi connectivity index (χ3n) is 3.90. The number of pyridine rings is 1. The standard InChI is InChI=1S/C14H20N2O3S/c1-10-8-12-13(15-11(2)14(12,3)4)16(9-10)6-5-7-20(17,18)19/h8-9H,5-7H2,1-4H3/p+1. The number of hydrogen-bond donors (Lipinski definition) is 1. The predicted octanol–water partition coefficient (Wildman–Crippen LogP) is 1.94. The van der Waals surface area contributed by atoms with Gasteiger partial charge in [-0.15, -0.1) is 0 Å². The molecule has 1 aliphatic rings. The van der Waals surface area contributed by atoms with Gasteiger partial charge in [0.05, 0.1) is 29.5 Å². The number of aliphatic imine (C=N–C) groups is 1. The summed E-state index contributed by atoms with van der Waals surface area (Å²) in [5.41, 5.74) is 3.25. The fourth-order valence-corrected chi connectivity index (χ4v) is 2.95. The van der Waals surface area contributed by atoms with Gasteiger partial charge in [-0.3, -0.25) is 4.55 Å². The van der Waals surface area contributed by atoms with E-state index >= 15 is 0 Å². The van der Waals surface area contributed by atoms with Crippen molar-refractivity contribution >= 4 is 21.6 Å². The van der Waals surface area contributed by atoms with Crippen LogP contribution in [-0.2, 0) is 22.1 Å². The maximum absolute atomic E-state index is 10.8. The number of aryl methyl sites for hydroxylation is 2. The molecule has 0 unspecified atom stereocenters. The quantitative estimate of drug-likeness (QED) is 0.682. The summed E-state index contributed by atoms with van der Waals surface area (Å²) in [5, 5.41) is 0. The van der Waals surface area contributed by atoms with Gasteiger partial charge in [-0.05, 0) is 44.3 Å². The molecule has 5 nitrogen and oxygen atoms in total. The molecule has 0 aromatic carbocycles. The molecule has 0 saturated carbocycles. The Morgan fingerprint density at radius 3 is 2.60 bits per heavy atom. The van der Waals surface area contributed by atoms with Crippen LogP contribution in [-0.4, -0.2) is 24.4 Å². The second-order valence-corrected chi connectivity index (χ2v) is 7.48. The lowest BCUT2D eigenvalue weighted by molar-refractivity contribution is -0.684. The average Bonchev–Trinajstić information content (AvgIpc) is 2.50. The van der Waals surface area contributed by atoms with Gasteiger partial charge in [0.1, 0.15) is 5.71 Å². The summed E-state index contributed by atoms with van der Waals surface area (Å²) < 4.78 is 32.4. The number of aromatic nitrogens is 1. The lowest BCUT2D eigenvalue weighted by atomic mass is 9.82. The summed E-state index contributed by atoms with van der Waals surface area (Å²) >= 11 is 0. The van der Waals surface area contributed by atoms with Crippen molar-refractivity contribution in [1.82, 2.24) is 0 Å². The van der Waals surface area contributed by atoms with Crippen LogP contribution in [0.1, 0.15) is 38.3 Å². The van der Waals surface area contributed by atoms with E-state index in [1.165, 1.54) is 5.56 Å². The molecule has 0 bridgehead atoms. The minimum Gasteiger partial charge on any atom is -0.286 e. The van der Waals surface area contributed by atoms with E-state index in [4.69, 9.17) is 4.55 Å². The van der Waals surface area contributed by atoms with E-state index < -0.39 is 10.1 Å². The molecule has 6 heteroatoms. The third-order valence-corrected chi connectivity index (χ3v) is 4.70. The minimum absolute atomic E-state index is 0.0911. The Morgan fingerprint density at radius 2 is 2.00 bits per heavy atom. The zero-order valence-corrected chi connectivity index (χ0v) is 13.2. The highest BCUT2D eigenvalue weighted by molar-refractivity contribution is 7.85. The zero-order chi connectivity index (χ0) is 15.1. The number of hydrogen-bond acceptors (Lipinski definition) is 3. The van der Waals surface area contributed by atoms with Crippen LogP contribution in [0.15, 0.2) is 17.3 Å². The molecule has 20 heavy (non-hydrogen) atoms. The van der Waals surface area contributed by atoms with Crippen LogP contribution in [0.4, 0.5) is 5.82 Å². The molecule has 0 radical (unpaired) electrons. The maximum atomic E-state index is 10.8. The van der Waals surface area contributed by atoms with E-state index in [2.05, 4.69) is 24.9 Å². The Hall–Kier alpha value is -1.27. The fraction of sp³-hybridized carbons (Fsp3) is 0.571. The molecule has 2 rings (SSSR count). The Labute approximate surface area is 120 Å². The van der Waals surface area contributed by atoms with Crippen molar-refractivity contribution < 1.29 is 17.5 Å². The second-order valence-electron chi connectivity index (χ2n) is 5.91. The van der Waals surface area contributed by atoms with E-state index in [0.717, 1.165) is 17.1 Å². The number of nitrogens with zero attached hydrogens (tertiary/aromatic N) is 2. The smallest absolute Gasteiger partial charge is 0.286 e. The van der Waals surface area contributed by atoms with Crippen LogP contribution in [0, 0.1) is 6.92 Å². The number of fused-ring (bicyclic) bond motifs is 1. The van der Waals surface area contributed by atoms with E-state index in [1.807, 2.05) is 24.6 Å². The van der Waals surface area contributed by atoms with Crippen LogP contribution in [0.25, 0.3) is 0 Å². The third kappa shape index (κ3) is 2.91. The van der Waals surface area contributed by atoms with Gasteiger partial charge in [-0.25, -0.2) is 4.57 Å². The van der Waals surface area contributed by atoms with Crippen LogP contribution >= 0.6 is 0 Å². The van der Waals surface area contributed by atoms with Crippen LogP contribution in [0.2, 0.25) is 0 Å². The molecule has 110 valence electrons. The van der Waals surface area contributed by atoms with Gasteiger partial charge in [0.15, 0.2) is 0 Å². The first-order valence-corrected chi connectivity index (χ1v) is 8.28. The second kappa shape index (κ2) is 4.93. The first-order valence-electron chi connectivity index (χ1n) is 6.67. The zero-order valence-electron chi connectivity index (χ0n) is 12.3. The highest BCUT2D eigenvalue weighted by Gasteiger charge is 2.40. The van der Waals surface area contributed by atoms with Gasteiger partial charge >= 0.3 is 5.82 Å². The largest absolute Gasteiger partial charge is 0.327 e. The van der Waals surface area contributed by atoms with Crippen molar-refractivity contribution in [3.63, 3.8) is 0 Å². The summed E-state index contributed by atoms with van der Waals surface area (Å²) in [7, 11) is -3.90. The molecule has 0 spiro atoms. The molecular formula is C14H21N2O3S+. The van der Waals surface area contributed by atoms with Crippen molar-refractivity contribution in [1.29, 1.82) is 0 Å². The normalized spacial score (nSPS) is 16.9. The van der Waals surface area contributed by atoms with E-state index in [-0.39, 0.29) is 11.2 Å². The van der Waals surface area contributed by atoms with Crippen molar-refractivity contribution in [3.8, 4) is 0 Å². The topological polar surface area (TPSA) is 70.6 Å². The first kappa shape index (κ1) is 15.1. The molecule has 0 atom stereocenters. The van der Waals surface area contributed by atoms with Crippen molar-refractivity contribution in [2.45, 2.75) is 46.1 Å². The summed E-state index contributed by atoms with van der Waals surface area (Å²) in [6.07, 6.45) is 2.34. The lowest BCUT2D eigenvalue weighted by Gasteiger charge is -2.16. The molecule has 1 N–H and O–H groups in total. The minimum atomic E-state index is -3.90. The molecule has 1 aromatic rings.